The van der Waals surface area contributed by atoms with Crippen molar-refractivity contribution >= 4 is 16.7 Å². The summed E-state index contributed by atoms with van der Waals surface area (Å²) in [5.41, 5.74) is 4.42. The smallest absolute Gasteiger partial charge is 0.138 e. The predicted octanol–water partition coefficient (Wildman–Crippen LogP) is 3.96. The van der Waals surface area contributed by atoms with Gasteiger partial charge in [-0.3, -0.25) is 0 Å². The average molecular weight is 331 g/mol. The van der Waals surface area contributed by atoms with E-state index in [2.05, 4.69) is 57.2 Å². The van der Waals surface area contributed by atoms with Crippen LogP contribution >= 0.6 is 0 Å². The number of fused-ring (bicyclic) bond motifs is 1. The summed E-state index contributed by atoms with van der Waals surface area (Å²) in [6.45, 7) is 8.82. The minimum absolute atomic E-state index is 0.455. The van der Waals surface area contributed by atoms with Crippen LogP contribution in [0.2, 0.25) is 0 Å². The van der Waals surface area contributed by atoms with Crippen molar-refractivity contribution in [2.24, 2.45) is 0 Å². The van der Waals surface area contributed by atoms with Crippen LogP contribution in [-0.4, -0.2) is 41.2 Å². The van der Waals surface area contributed by atoms with Crippen LogP contribution in [-0.2, 0) is 0 Å². The summed E-state index contributed by atoms with van der Waals surface area (Å²) in [6, 6.07) is 13.1. The zero-order chi connectivity index (χ0) is 17.2. The van der Waals surface area contributed by atoms with Gasteiger partial charge in [-0.15, -0.1) is 5.01 Å². The summed E-state index contributed by atoms with van der Waals surface area (Å²) in [5, 5.41) is 2.97. The molecule has 25 heavy (non-hydrogen) atoms. The van der Waals surface area contributed by atoms with Gasteiger partial charge < -0.3 is 9.88 Å². The van der Waals surface area contributed by atoms with Crippen LogP contribution in [0.1, 0.15) is 12.8 Å². The third-order valence-corrected chi connectivity index (χ3v) is 5.14. The molecule has 0 bridgehead atoms. The highest BCUT2D eigenvalue weighted by Crippen LogP contribution is 2.31. The molecule has 3 heterocycles. The molecule has 126 valence electrons. The van der Waals surface area contributed by atoms with Gasteiger partial charge in [0.2, 0.25) is 0 Å². The van der Waals surface area contributed by atoms with E-state index in [1.54, 1.807) is 0 Å². The Hall–Kier alpha value is -3.00. The zero-order valence-electron chi connectivity index (χ0n) is 14.3. The summed E-state index contributed by atoms with van der Waals surface area (Å²) in [6.07, 6.45) is 5.99. The van der Waals surface area contributed by atoms with Crippen molar-refractivity contribution in [3.63, 3.8) is 0 Å². The van der Waals surface area contributed by atoms with Crippen LogP contribution in [0.4, 0.5) is 5.69 Å². The third kappa shape index (κ3) is 2.91. The largest absolute Gasteiger partial charge is 0.370 e. The number of nitrogens with one attached hydrogen (secondary N) is 1. The minimum atomic E-state index is 0.455. The molecule has 0 spiro atoms. The van der Waals surface area contributed by atoms with Crippen LogP contribution in [0.25, 0.3) is 27.1 Å². The van der Waals surface area contributed by atoms with E-state index in [0.717, 1.165) is 42.7 Å². The van der Waals surface area contributed by atoms with E-state index in [1.165, 1.54) is 11.1 Å². The Kier molecular flexibility index (Phi) is 4.02. The number of hydrogen-bond acceptors (Lipinski definition) is 3. The van der Waals surface area contributed by atoms with Gasteiger partial charge >= 0.3 is 0 Å². The molecule has 3 aromatic rings. The van der Waals surface area contributed by atoms with Gasteiger partial charge in [0.05, 0.1) is 25.0 Å². The van der Waals surface area contributed by atoms with Crippen molar-refractivity contribution in [1.29, 1.82) is 0 Å². The molecule has 2 aromatic heterocycles. The number of H-pyrrole nitrogens is 1. The SMILES string of the molecule is [C-]#[N+]N1CCC(N(C)c2cnc3[nH]cc(-c4ccccc4)c3c2)CC1. The second kappa shape index (κ2) is 6.48. The summed E-state index contributed by atoms with van der Waals surface area (Å²) in [5.74, 6) is 0. The highest BCUT2D eigenvalue weighted by atomic mass is 15.4. The Balaban J connectivity index is 1.64. The monoisotopic (exact) mass is 331 g/mol. The number of rotatable bonds is 3. The molecule has 1 saturated heterocycles. The average Bonchev–Trinajstić information content (AvgIpc) is 3.11. The Labute approximate surface area is 147 Å². The molecular formula is C20H21N5. The number of aromatic nitrogens is 2. The number of benzene rings is 1. The van der Waals surface area contributed by atoms with Gasteiger partial charge in [-0.2, -0.15) is 11.5 Å². The van der Waals surface area contributed by atoms with Crippen LogP contribution in [0, 0.1) is 6.57 Å². The highest BCUT2D eigenvalue weighted by molar-refractivity contribution is 5.95. The van der Waals surface area contributed by atoms with Gasteiger partial charge in [-0.1, -0.05) is 30.3 Å². The van der Waals surface area contributed by atoms with Gasteiger partial charge in [-0.25, -0.2) is 4.98 Å². The van der Waals surface area contributed by atoms with E-state index in [0.29, 0.717) is 6.04 Å². The Morgan fingerprint density at radius 1 is 1.24 bits per heavy atom. The van der Waals surface area contributed by atoms with E-state index in [-0.39, 0.29) is 0 Å². The maximum Gasteiger partial charge on any atom is 0.138 e. The predicted molar refractivity (Wildman–Crippen MR) is 101 cm³/mol. The fourth-order valence-corrected chi connectivity index (χ4v) is 3.59. The van der Waals surface area contributed by atoms with Crippen molar-refractivity contribution in [3.8, 4) is 11.1 Å². The van der Waals surface area contributed by atoms with E-state index < -0.39 is 0 Å². The molecule has 0 atom stereocenters. The van der Waals surface area contributed by atoms with Crippen molar-refractivity contribution in [1.82, 2.24) is 15.0 Å². The standard InChI is InChI=1S/C20H21N5/c1-21-25-10-8-16(9-11-25)24(2)17-12-18-19(14-23-20(18)22-13-17)15-6-4-3-5-7-15/h3-7,12-14,16H,8-11H2,2H3,(H,22,23). The molecule has 5 heteroatoms. The number of nitrogens with zero attached hydrogens (tertiary/aromatic N) is 4. The molecule has 0 radical (unpaired) electrons. The topological polar surface area (TPSA) is 39.5 Å². The Morgan fingerprint density at radius 2 is 2.00 bits per heavy atom. The summed E-state index contributed by atoms with van der Waals surface area (Å²) < 4.78 is 0. The van der Waals surface area contributed by atoms with Gasteiger partial charge in [0, 0.05) is 30.2 Å². The fourth-order valence-electron chi connectivity index (χ4n) is 3.59. The summed E-state index contributed by atoms with van der Waals surface area (Å²) in [7, 11) is 2.13. The summed E-state index contributed by atoms with van der Waals surface area (Å²) >= 11 is 0. The Morgan fingerprint density at radius 3 is 2.72 bits per heavy atom. The molecule has 1 aromatic carbocycles. The van der Waals surface area contributed by atoms with E-state index >= 15 is 0 Å². The maximum absolute atomic E-state index is 7.14. The zero-order valence-corrected chi connectivity index (χ0v) is 14.3. The van der Waals surface area contributed by atoms with Crippen molar-refractivity contribution in [2.45, 2.75) is 18.9 Å². The van der Waals surface area contributed by atoms with Gasteiger partial charge in [0.15, 0.2) is 0 Å². The first-order valence-electron chi connectivity index (χ1n) is 8.64. The lowest BCUT2D eigenvalue weighted by Gasteiger charge is -2.33. The molecule has 4 rings (SSSR count). The number of piperidine rings is 1. The van der Waals surface area contributed by atoms with Gasteiger partial charge in [-0.05, 0) is 24.5 Å². The molecule has 1 N–H and O–H groups in total. The van der Waals surface area contributed by atoms with Crippen LogP contribution in [0.15, 0.2) is 48.8 Å². The first-order valence-corrected chi connectivity index (χ1v) is 8.64. The minimum Gasteiger partial charge on any atom is -0.370 e. The quantitative estimate of drug-likeness (QED) is 0.738. The molecule has 5 nitrogen and oxygen atoms in total. The molecule has 1 aliphatic rings. The maximum atomic E-state index is 7.14. The lowest BCUT2D eigenvalue weighted by molar-refractivity contribution is 0.277. The van der Waals surface area contributed by atoms with Crippen LogP contribution in [0.3, 0.4) is 0 Å². The first-order chi connectivity index (χ1) is 12.3. The third-order valence-electron chi connectivity index (χ3n) is 5.14. The van der Waals surface area contributed by atoms with Crippen LogP contribution in [0.5, 0.6) is 0 Å². The number of hydrogen-bond donors (Lipinski definition) is 1. The molecule has 0 amide bonds. The second-order valence-electron chi connectivity index (χ2n) is 6.55. The van der Waals surface area contributed by atoms with E-state index in [9.17, 15) is 0 Å². The van der Waals surface area contributed by atoms with E-state index in [1.807, 2.05) is 23.5 Å². The van der Waals surface area contributed by atoms with Gasteiger partial charge in [0.1, 0.15) is 5.65 Å². The lowest BCUT2D eigenvalue weighted by Crippen LogP contribution is -2.41. The first kappa shape index (κ1) is 15.5. The van der Waals surface area contributed by atoms with Gasteiger partial charge in [0.25, 0.3) is 0 Å². The molecular weight excluding hydrogens is 310 g/mol. The number of pyridine rings is 1. The molecule has 1 aliphatic heterocycles. The highest BCUT2D eigenvalue weighted by Gasteiger charge is 2.25. The van der Waals surface area contributed by atoms with Crippen molar-refractivity contribution in [3.05, 3.63) is 60.3 Å². The number of aromatic amines is 1. The number of anilines is 1. The van der Waals surface area contributed by atoms with Crippen LogP contribution < -0.4 is 4.90 Å². The normalized spacial score (nSPS) is 15.3. The molecule has 1 fully saturated rings. The summed E-state index contributed by atoms with van der Waals surface area (Å²) in [4.78, 5) is 13.8. The molecule has 0 aliphatic carbocycles. The molecule has 0 unspecified atom stereocenters. The van der Waals surface area contributed by atoms with Crippen molar-refractivity contribution in [2.75, 3.05) is 25.0 Å². The fraction of sp³-hybridized carbons (Fsp3) is 0.300. The van der Waals surface area contributed by atoms with Crippen molar-refractivity contribution < 1.29 is 0 Å². The van der Waals surface area contributed by atoms with E-state index in [4.69, 9.17) is 6.57 Å². The lowest BCUT2D eigenvalue weighted by atomic mass is 10.0. The second-order valence-corrected chi connectivity index (χ2v) is 6.55. The molecule has 0 saturated carbocycles. The Bertz CT molecular complexity index is 901.